The van der Waals surface area contributed by atoms with Crippen LogP contribution in [0.1, 0.15) is 59.8 Å². The maximum absolute atomic E-state index is 5.87. The van der Waals surface area contributed by atoms with E-state index in [1.54, 1.807) is 6.20 Å². The molecule has 0 aromatic carbocycles. The highest BCUT2D eigenvalue weighted by atomic mass is 16.5. The maximum atomic E-state index is 5.87. The third-order valence-corrected chi connectivity index (χ3v) is 6.27. The number of rotatable bonds is 10. The summed E-state index contributed by atoms with van der Waals surface area (Å²) in [4.78, 5) is 4.56. The first-order chi connectivity index (χ1) is 14.5. The highest BCUT2D eigenvalue weighted by molar-refractivity contribution is 5.78. The van der Waals surface area contributed by atoms with Crippen LogP contribution in [0, 0.1) is 11.8 Å². The summed E-state index contributed by atoms with van der Waals surface area (Å²) < 4.78 is 5.48. The second-order valence-electron chi connectivity index (χ2n) is 9.19. The van der Waals surface area contributed by atoms with Crippen molar-refractivity contribution in [2.45, 2.75) is 71.9 Å². The predicted octanol–water partition coefficient (Wildman–Crippen LogP) is 4.20. The van der Waals surface area contributed by atoms with Gasteiger partial charge < -0.3 is 21.1 Å². The second kappa shape index (κ2) is 11.0. The van der Waals surface area contributed by atoms with Gasteiger partial charge in [-0.25, -0.2) is 0 Å². The maximum Gasteiger partial charge on any atom is 0.0723 e. The largest absolute Gasteiger partial charge is 0.403 e. The molecule has 2 aliphatic carbocycles. The van der Waals surface area contributed by atoms with Gasteiger partial charge in [0.15, 0.2) is 0 Å². The van der Waals surface area contributed by atoms with Crippen molar-refractivity contribution in [1.29, 1.82) is 0 Å². The van der Waals surface area contributed by atoms with Gasteiger partial charge in [-0.15, -0.1) is 0 Å². The number of nitrogens with one attached hydrogen (secondary N) is 2. The molecule has 2 atom stereocenters. The SMILES string of the molecule is C/C=C(\C=C(/C)C1CC1NC1CCOCC1)C(NC(C=NCC1CC1)=CN)=C(C)C. The highest BCUT2D eigenvalue weighted by Gasteiger charge is 2.39. The van der Waals surface area contributed by atoms with Crippen LogP contribution < -0.4 is 16.4 Å². The minimum absolute atomic E-state index is 0.611. The molecule has 2 saturated carbocycles. The molecule has 0 radical (unpaired) electrons. The smallest absolute Gasteiger partial charge is 0.0723 e. The lowest BCUT2D eigenvalue weighted by molar-refractivity contribution is 0.0773. The van der Waals surface area contributed by atoms with E-state index in [1.807, 2.05) is 6.21 Å². The monoisotopic (exact) mass is 412 g/mol. The molecular formula is C25H40N4O. The third kappa shape index (κ3) is 6.85. The summed E-state index contributed by atoms with van der Waals surface area (Å²) in [6, 6.07) is 1.23. The van der Waals surface area contributed by atoms with Crippen LogP contribution in [-0.4, -0.2) is 38.1 Å². The lowest BCUT2D eigenvalue weighted by atomic mass is 10.0. The van der Waals surface area contributed by atoms with Crippen LogP contribution in [0.25, 0.3) is 0 Å². The van der Waals surface area contributed by atoms with Crippen LogP contribution in [0.15, 0.2) is 51.5 Å². The van der Waals surface area contributed by atoms with Crippen molar-refractivity contribution in [3.8, 4) is 0 Å². The Balaban J connectivity index is 1.60. The molecule has 30 heavy (non-hydrogen) atoms. The number of nitrogens with zero attached hydrogens (tertiary/aromatic N) is 1. The van der Waals surface area contributed by atoms with Crippen LogP contribution in [-0.2, 0) is 4.74 Å². The normalized spacial score (nSPS) is 26.2. The van der Waals surface area contributed by atoms with Gasteiger partial charge in [0, 0.05) is 50.0 Å². The van der Waals surface area contributed by atoms with Crippen molar-refractivity contribution >= 4 is 6.21 Å². The topological polar surface area (TPSA) is 71.7 Å². The summed E-state index contributed by atoms with van der Waals surface area (Å²) >= 11 is 0. The molecule has 3 aliphatic rings. The van der Waals surface area contributed by atoms with Gasteiger partial charge >= 0.3 is 0 Å². The fourth-order valence-electron chi connectivity index (χ4n) is 4.05. The van der Waals surface area contributed by atoms with Crippen LogP contribution in [0.4, 0.5) is 0 Å². The Morgan fingerprint density at radius 2 is 1.87 bits per heavy atom. The van der Waals surface area contributed by atoms with Crippen molar-refractivity contribution in [3.05, 3.63) is 46.5 Å². The lowest BCUT2D eigenvalue weighted by Gasteiger charge is -2.23. The van der Waals surface area contributed by atoms with E-state index >= 15 is 0 Å². The van der Waals surface area contributed by atoms with Gasteiger partial charge in [0.25, 0.3) is 0 Å². The Morgan fingerprint density at radius 1 is 1.13 bits per heavy atom. The third-order valence-electron chi connectivity index (χ3n) is 6.27. The van der Waals surface area contributed by atoms with E-state index in [1.165, 1.54) is 36.0 Å². The second-order valence-corrected chi connectivity index (χ2v) is 9.19. The molecule has 0 amide bonds. The Kier molecular flexibility index (Phi) is 8.34. The van der Waals surface area contributed by atoms with Crippen LogP contribution >= 0.6 is 0 Å². The van der Waals surface area contributed by atoms with Gasteiger partial charge in [0.2, 0.25) is 0 Å². The fraction of sp³-hybridized carbons (Fsp3) is 0.640. The van der Waals surface area contributed by atoms with E-state index in [2.05, 4.69) is 55.5 Å². The molecular weight excluding hydrogens is 372 g/mol. The highest BCUT2D eigenvalue weighted by Crippen LogP contribution is 2.39. The van der Waals surface area contributed by atoms with Crippen LogP contribution in [0.5, 0.6) is 0 Å². The van der Waals surface area contributed by atoms with E-state index in [0.717, 1.165) is 49.9 Å². The number of nitrogens with two attached hydrogens (primary N) is 1. The predicted molar refractivity (Wildman–Crippen MR) is 126 cm³/mol. The minimum Gasteiger partial charge on any atom is -0.403 e. The Morgan fingerprint density at radius 3 is 2.47 bits per heavy atom. The first-order valence-electron chi connectivity index (χ1n) is 11.6. The Labute approximate surface area is 182 Å². The molecule has 0 spiro atoms. The van der Waals surface area contributed by atoms with Gasteiger partial charge in [0.05, 0.1) is 5.70 Å². The van der Waals surface area contributed by atoms with Crippen LogP contribution in [0.2, 0.25) is 0 Å². The molecule has 5 nitrogen and oxygen atoms in total. The average Bonchev–Trinajstić information content (AvgIpc) is 3.66. The molecule has 166 valence electrons. The van der Waals surface area contributed by atoms with E-state index in [4.69, 9.17) is 10.5 Å². The van der Waals surface area contributed by atoms with E-state index in [9.17, 15) is 0 Å². The molecule has 0 aromatic heterocycles. The number of allylic oxidation sites excluding steroid dienone is 4. The molecule has 1 saturated heterocycles. The molecule has 4 N–H and O–H groups in total. The average molecular weight is 413 g/mol. The molecule has 3 fully saturated rings. The molecule has 1 heterocycles. The molecule has 2 unspecified atom stereocenters. The summed E-state index contributed by atoms with van der Waals surface area (Å²) in [6.45, 7) is 11.3. The quantitative estimate of drug-likeness (QED) is 0.371. The lowest BCUT2D eigenvalue weighted by Crippen LogP contribution is -2.36. The van der Waals surface area contributed by atoms with Crippen molar-refractivity contribution in [1.82, 2.24) is 10.6 Å². The first kappa shape index (κ1) is 22.8. The summed E-state index contributed by atoms with van der Waals surface area (Å²) in [5.74, 6) is 1.41. The zero-order valence-electron chi connectivity index (χ0n) is 19.2. The molecule has 0 aromatic rings. The van der Waals surface area contributed by atoms with Gasteiger partial charge in [0.1, 0.15) is 0 Å². The summed E-state index contributed by atoms with van der Waals surface area (Å²) in [7, 11) is 0. The summed E-state index contributed by atoms with van der Waals surface area (Å²) in [6.07, 6.45) is 14.1. The van der Waals surface area contributed by atoms with Gasteiger partial charge in [-0.2, -0.15) is 0 Å². The van der Waals surface area contributed by atoms with E-state index in [0.29, 0.717) is 18.0 Å². The van der Waals surface area contributed by atoms with Crippen molar-refractivity contribution in [2.75, 3.05) is 19.8 Å². The first-order valence-corrected chi connectivity index (χ1v) is 11.6. The Hall–Kier alpha value is -1.85. The van der Waals surface area contributed by atoms with Gasteiger partial charge in [-0.05, 0) is 77.2 Å². The summed E-state index contributed by atoms with van der Waals surface area (Å²) in [5, 5.41) is 7.35. The Bertz CT molecular complexity index is 732. The zero-order valence-corrected chi connectivity index (χ0v) is 19.2. The number of aliphatic imine (C=N–C) groups is 1. The zero-order chi connectivity index (χ0) is 21.5. The molecule has 0 bridgehead atoms. The standard InChI is InChI=1S/C25H40N4O/c1-5-20(12-18(4)23-13-24(23)28-21-8-10-30-11-9-21)25(17(2)3)29-22(14-26)16-27-15-19-6-7-19/h5,12,14,16,19,21,23-24,28-29H,6-11,13,15,26H2,1-4H3/b18-12+,20-5+,22-14?,27-16?. The van der Waals surface area contributed by atoms with Gasteiger partial charge in [-0.1, -0.05) is 23.3 Å². The van der Waals surface area contributed by atoms with Crippen LogP contribution in [0.3, 0.4) is 0 Å². The van der Waals surface area contributed by atoms with E-state index in [-0.39, 0.29) is 0 Å². The molecule has 5 heteroatoms. The number of hydrogen-bond donors (Lipinski definition) is 3. The van der Waals surface area contributed by atoms with E-state index < -0.39 is 0 Å². The number of ether oxygens (including phenoxy) is 1. The van der Waals surface area contributed by atoms with Crippen molar-refractivity contribution in [3.63, 3.8) is 0 Å². The minimum atomic E-state index is 0.611. The fourth-order valence-corrected chi connectivity index (χ4v) is 4.05. The van der Waals surface area contributed by atoms with Gasteiger partial charge in [-0.3, -0.25) is 4.99 Å². The molecule has 3 rings (SSSR count). The molecule has 1 aliphatic heterocycles. The van der Waals surface area contributed by atoms with Crippen molar-refractivity contribution in [2.24, 2.45) is 22.6 Å². The summed E-state index contributed by atoms with van der Waals surface area (Å²) in [5.41, 5.74) is 11.7. The van der Waals surface area contributed by atoms with Crippen molar-refractivity contribution < 1.29 is 4.74 Å². The number of hydrogen-bond acceptors (Lipinski definition) is 5.